The minimum Gasteiger partial charge on any atom is -0.302 e. The van der Waals surface area contributed by atoms with E-state index in [0.717, 1.165) is 0 Å². The van der Waals surface area contributed by atoms with Gasteiger partial charge in [0.05, 0.1) is 24.4 Å². The SMILES string of the molecule is CC(C)OP(=O)(OC(C)C)C(F)(F)CCCC(F)(F)P(=O)(OC(C)C)OC(C)C. The van der Waals surface area contributed by atoms with Crippen molar-refractivity contribution in [2.75, 3.05) is 0 Å². The number of rotatable bonds is 14. The molecule has 0 unspecified atom stereocenters. The molecule has 0 aromatic heterocycles. The maximum absolute atomic E-state index is 14.6. The summed E-state index contributed by atoms with van der Waals surface area (Å²) in [7, 11) is -9.82. The summed E-state index contributed by atoms with van der Waals surface area (Å²) in [5.74, 6) is 0. The van der Waals surface area contributed by atoms with E-state index in [1.165, 1.54) is 55.4 Å². The summed E-state index contributed by atoms with van der Waals surface area (Å²) in [6.45, 7) is 11.2. The van der Waals surface area contributed by atoms with Crippen molar-refractivity contribution in [1.82, 2.24) is 0 Å². The Labute approximate surface area is 171 Å². The van der Waals surface area contributed by atoms with Crippen molar-refractivity contribution < 1.29 is 44.8 Å². The molecule has 0 spiro atoms. The third-order valence-corrected chi connectivity index (χ3v) is 8.00. The van der Waals surface area contributed by atoms with Gasteiger partial charge in [0.25, 0.3) is 0 Å². The molecule has 6 nitrogen and oxygen atoms in total. The second kappa shape index (κ2) is 11.1. The lowest BCUT2D eigenvalue weighted by Gasteiger charge is -2.31. The van der Waals surface area contributed by atoms with Gasteiger partial charge < -0.3 is 18.1 Å². The van der Waals surface area contributed by atoms with Gasteiger partial charge in [-0.2, -0.15) is 17.6 Å². The van der Waals surface area contributed by atoms with Crippen LogP contribution in [0.5, 0.6) is 0 Å². The zero-order chi connectivity index (χ0) is 23.3. The van der Waals surface area contributed by atoms with Crippen LogP contribution in [0.4, 0.5) is 17.6 Å². The van der Waals surface area contributed by atoms with E-state index in [1.54, 1.807) is 0 Å². The molecule has 0 saturated carbocycles. The molecule has 12 heteroatoms. The zero-order valence-electron chi connectivity index (χ0n) is 18.3. The molecular formula is C17H34F4O6P2. The smallest absolute Gasteiger partial charge is 0.302 e. The van der Waals surface area contributed by atoms with Crippen molar-refractivity contribution in [2.24, 2.45) is 0 Å². The fourth-order valence-corrected chi connectivity index (χ4v) is 6.06. The zero-order valence-corrected chi connectivity index (χ0v) is 20.1. The van der Waals surface area contributed by atoms with Crippen LogP contribution in [0.15, 0.2) is 0 Å². The Morgan fingerprint density at radius 2 is 0.793 bits per heavy atom. The van der Waals surface area contributed by atoms with Crippen molar-refractivity contribution in [1.29, 1.82) is 0 Å². The van der Waals surface area contributed by atoms with Crippen LogP contribution in [0, 0.1) is 0 Å². The maximum Gasteiger partial charge on any atom is 0.400 e. The number of halogens is 4. The van der Waals surface area contributed by atoms with Crippen molar-refractivity contribution in [3.63, 3.8) is 0 Å². The fraction of sp³-hybridized carbons (Fsp3) is 1.00. The van der Waals surface area contributed by atoms with E-state index < -0.39 is 70.2 Å². The van der Waals surface area contributed by atoms with Gasteiger partial charge in [0, 0.05) is 12.8 Å². The van der Waals surface area contributed by atoms with Crippen molar-refractivity contribution >= 4 is 15.2 Å². The molecular weight excluding hydrogens is 438 g/mol. The van der Waals surface area contributed by atoms with Crippen LogP contribution in [-0.4, -0.2) is 35.7 Å². The van der Waals surface area contributed by atoms with E-state index in [4.69, 9.17) is 18.1 Å². The topological polar surface area (TPSA) is 71.1 Å². The Balaban J connectivity index is 5.40. The van der Waals surface area contributed by atoms with Gasteiger partial charge in [-0.25, -0.2) is 0 Å². The van der Waals surface area contributed by atoms with Crippen LogP contribution in [0.1, 0.15) is 74.7 Å². The third kappa shape index (κ3) is 8.96. The van der Waals surface area contributed by atoms with Crippen LogP contribution in [-0.2, 0) is 27.2 Å². The monoisotopic (exact) mass is 472 g/mol. The summed E-state index contributed by atoms with van der Waals surface area (Å²) in [5, 5.41) is 0. The molecule has 176 valence electrons. The minimum absolute atomic E-state index is 0.806. The molecule has 0 aromatic carbocycles. The van der Waals surface area contributed by atoms with Crippen LogP contribution in [0.25, 0.3) is 0 Å². The number of hydrogen-bond donors (Lipinski definition) is 0. The van der Waals surface area contributed by atoms with Crippen LogP contribution in [0.3, 0.4) is 0 Å². The lowest BCUT2D eigenvalue weighted by atomic mass is 10.2. The van der Waals surface area contributed by atoms with E-state index in [0.29, 0.717) is 0 Å². The molecule has 0 rings (SSSR count). The molecule has 0 aliphatic heterocycles. The third-order valence-electron chi connectivity index (χ3n) is 3.15. The van der Waals surface area contributed by atoms with E-state index >= 15 is 0 Å². The quantitative estimate of drug-likeness (QED) is 0.193. The molecule has 29 heavy (non-hydrogen) atoms. The van der Waals surface area contributed by atoms with Gasteiger partial charge in [0.15, 0.2) is 0 Å². The van der Waals surface area contributed by atoms with E-state index in [-0.39, 0.29) is 0 Å². The number of alkyl halides is 4. The molecule has 0 aliphatic rings. The average Bonchev–Trinajstić information content (AvgIpc) is 2.42. The Morgan fingerprint density at radius 1 is 0.586 bits per heavy atom. The molecule has 0 aliphatic carbocycles. The Morgan fingerprint density at radius 3 is 0.966 bits per heavy atom. The van der Waals surface area contributed by atoms with E-state index in [2.05, 4.69) is 0 Å². The fourth-order valence-electron chi connectivity index (χ4n) is 2.26. The predicted molar refractivity (Wildman–Crippen MR) is 104 cm³/mol. The summed E-state index contributed by atoms with van der Waals surface area (Å²) >= 11 is 0. The molecule has 0 N–H and O–H groups in total. The summed E-state index contributed by atoms with van der Waals surface area (Å²) in [5.41, 5.74) is -8.00. The molecule has 0 heterocycles. The predicted octanol–water partition coefficient (Wildman–Crippen LogP) is 7.43. The number of hydrogen-bond acceptors (Lipinski definition) is 6. The Bertz CT molecular complexity index is 518. The second-order valence-electron chi connectivity index (χ2n) is 7.80. The molecule has 0 bridgehead atoms. The lowest BCUT2D eigenvalue weighted by molar-refractivity contribution is -0.00713. The summed E-state index contributed by atoms with van der Waals surface area (Å²) < 4.78 is 103. The molecule has 0 aromatic rings. The van der Waals surface area contributed by atoms with Crippen molar-refractivity contribution in [2.45, 2.75) is 110 Å². The van der Waals surface area contributed by atoms with Crippen LogP contribution < -0.4 is 0 Å². The Hall–Kier alpha value is 0.0200. The first kappa shape index (κ1) is 29.0. The van der Waals surface area contributed by atoms with Crippen molar-refractivity contribution in [3.8, 4) is 0 Å². The lowest BCUT2D eigenvalue weighted by Crippen LogP contribution is -2.27. The first-order chi connectivity index (χ1) is 12.9. The van der Waals surface area contributed by atoms with Gasteiger partial charge in [-0.3, -0.25) is 9.13 Å². The summed E-state index contributed by atoms with van der Waals surface area (Å²) in [4.78, 5) is 0. The van der Waals surface area contributed by atoms with Gasteiger partial charge in [0.2, 0.25) is 0 Å². The summed E-state index contributed by atoms with van der Waals surface area (Å²) in [6.07, 6.45) is -6.53. The highest BCUT2D eigenvalue weighted by molar-refractivity contribution is 7.55. The summed E-state index contributed by atoms with van der Waals surface area (Å²) in [6, 6.07) is 0. The minimum atomic E-state index is -4.91. The largest absolute Gasteiger partial charge is 0.400 e. The molecule has 0 saturated heterocycles. The van der Waals surface area contributed by atoms with Crippen molar-refractivity contribution in [3.05, 3.63) is 0 Å². The molecule has 0 amide bonds. The molecule has 0 atom stereocenters. The highest BCUT2D eigenvalue weighted by atomic mass is 31.2. The van der Waals surface area contributed by atoms with E-state index in [1.807, 2.05) is 0 Å². The van der Waals surface area contributed by atoms with Gasteiger partial charge in [-0.15, -0.1) is 0 Å². The van der Waals surface area contributed by atoms with Gasteiger partial charge in [-0.05, 0) is 61.8 Å². The van der Waals surface area contributed by atoms with Crippen LogP contribution in [0.2, 0.25) is 0 Å². The maximum atomic E-state index is 14.6. The van der Waals surface area contributed by atoms with E-state index in [9.17, 15) is 26.7 Å². The highest BCUT2D eigenvalue weighted by Crippen LogP contribution is 2.67. The first-order valence-electron chi connectivity index (χ1n) is 9.57. The van der Waals surface area contributed by atoms with Crippen LogP contribution >= 0.6 is 15.2 Å². The first-order valence-corrected chi connectivity index (χ1v) is 12.7. The standard InChI is InChI=1S/C17H34F4O6P2/c1-12(2)24-28(22,25-13(3)4)16(18,19)10-9-11-17(20,21)29(23,26-14(5)6)27-15(7)8/h12-15H,9-11H2,1-8H3. The second-order valence-corrected chi connectivity index (χ2v) is 11.9. The highest BCUT2D eigenvalue weighted by Gasteiger charge is 2.57. The van der Waals surface area contributed by atoms with Gasteiger partial charge >= 0.3 is 26.5 Å². The average molecular weight is 472 g/mol. The van der Waals surface area contributed by atoms with Gasteiger partial charge in [0.1, 0.15) is 0 Å². The molecule has 0 radical (unpaired) electrons. The molecule has 0 fully saturated rings. The Kier molecular flexibility index (Phi) is 11.1. The van der Waals surface area contributed by atoms with Gasteiger partial charge in [-0.1, -0.05) is 0 Å². The normalized spacial score (nSPS) is 14.6.